The molecule has 2 fully saturated rings. The van der Waals surface area contributed by atoms with E-state index in [0.29, 0.717) is 39.1 Å². The fourth-order valence-corrected chi connectivity index (χ4v) is 13.7. The molecule has 546 valence electrons. The smallest absolute Gasteiger partial charge is 0.246 e. The van der Waals surface area contributed by atoms with E-state index < -0.39 is 143 Å². The Labute approximate surface area is 572 Å². The molecule has 0 spiro atoms. The summed E-state index contributed by atoms with van der Waals surface area (Å²) in [6.45, 7) is 35.4. The number of nitrogens with one attached hydrogen (secondary N) is 1. The van der Waals surface area contributed by atoms with Crippen molar-refractivity contribution in [3.8, 4) is 0 Å². The van der Waals surface area contributed by atoms with Crippen LogP contribution in [0.1, 0.15) is 182 Å². The first-order valence-electron chi connectivity index (χ1n) is 35.5. The summed E-state index contributed by atoms with van der Waals surface area (Å²) in [5.74, 6) is -11.0. The van der Waals surface area contributed by atoms with Gasteiger partial charge >= 0.3 is 0 Å². The fraction of sp³-hybridized carbons (Fsp3) is 0.847. The van der Waals surface area contributed by atoms with E-state index in [4.69, 9.17) is 4.74 Å². The lowest BCUT2D eigenvalue weighted by Gasteiger charge is -2.42. The molecule has 23 nitrogen and oxygen atoms in total. The first-order chi connectivity index (χ1) is 44.1. The summed E-state index contributed by atoms with van der Waals surface area (Å²) in [5.41, 5.74) is 0. The van der Waals surface area contributed by atoms with E-state index in [0.717, 1.165) is 31.0 Å². The standard InChI is InChI=1S/C72H130N10O13/c1-26-28-29-48(13)64(86)63-65(87)73-54(27-2)69(91)74(18)52(17)67(89)79(23)62(51(16)42-82-32-30-81(31-33-82)34-35-95-25)60(85)41-53(46(9)10)68(90)75(19)55(36-43(3)4)59(84)39-49(14)58(83)40-50(15)66(88)76(20)56(37-44(5)6)70(92)77(21)57(38-45(7)8)71(93)78(22)61(47(11)12)72(94)80(63)24/h43-57,61-64,86H,26-42H2,1-25H3,(H,73,87)/t48-,49-,50+,51+,52-,53+,54+,55+,56+,57+,61+,62+,63+,64-/m1/s1. The molecule has 8 amide bonds. The van der Waals surface area contributed by atoms with Crippen molar-refractivity contribution in [1.29, 1.82) is 0 Å². The van der Waals surface area contributed by atoms with E-state index in [2.05, 4.69) is 15.1 Å². The highest BCUT2D eigenvalue weighted by Gasteiger charge is 2.47. The first-order valence-corrected chi connectivity index (χ1v) is 35.5. The molecule has 23 heteroatoms. The van der Waals surface area contributed by atoms with Gasteiger partial charge in [-0.25, -0.2) is 0 Å². The second-order valence-electron chi connectivity index (χ2n) is 30.2. The van der Waals surface area contributed by atoms with Crippen LogP contribution in [-0.2, 0) is 57.5 Å². The van der Waals surface area contributed by atoms with Crippen LogP contribution in [0.4, 0.5) is 0 Å². The summed E-state index contributed by atoms with van der Waals surface area (Å²) >= 11 is 0. The molecule has 95 heavy (non-hydrogen) atoms. The Bertz CT molecular complexity index is 2540. The second-order valence-corrected chi connectivity index (χ2v) is 30.2. The summed E-state index contributed by atoms with van der Waals surface area (Å²) < 4.78 is 5.33. The van der Waals surface area contributed by atoms with Gasteiger partial charge < -0.3 is 54.4 Å². The van der Waals surface area contributed by atoms with Crippen molar-refractivity contribution in [2.24, 2.45) is 59.2 Å². The summed E-state index contributed by atoms with van der Waals surface area (Å²) in [7, 11) is 12.0. The zero-order chi connectivity index (χ0) is 73.0. The molecular formula is C72H130N10O13. The van der Waals surface area contributed by atoms with E-state index in [1.54, 1.807) is 62.6 Å². The second kappa shape index (κ2) is 39.9. The molecule has 0 saturated carbocycles. The number of aliphatic hydroxyl groups is 1. The minimum absolute atomic E-state index is 0.0323. The van der Waals surface area contributed by atoms with Crippen LogP contribution in [0, 0.1) is 59.2 Å². The van der Waals surface area contributed by atoms with Crippen molar-refractivity contribution in [3.63, 3.8) is 0 Å². The van der Waals surface area contributed by atoms with Crippen LogP contribution in [0.2, 0.25) is 0 Å². The molecule has 2 rings (SSSR count). The van der Waals surface area contributed by atoms with Crippen LogP contribution < -0.4 is 5.32 Å². The molecule has 0 bridgehead atoms. The number of carbonyl (C=O) groups is 11. The van der Waals surface area contributed by atoms with Crippen LogP contribution in [0.3, 0.4) is 0 Å². The molecule has 0 unspecified atom stereocenters. The number of hydrogen-bond donors (Lipinski definition) is 2. The van der Waals surface area contributed by atoms with Crippen LogP contribution in [0.15, 0.2) is 0 Å². The SMILES string of the molecule is CCCC[C@@H](C)[C@@H](O)[C@H]1C(=O)N[C@@H](CC)C(=O)N(C)[C@H](C)C(=O)N(C)[C@@H]([C@@H](C)CN2CCN(CCOC)CC2)C(=O)C[C@@H](C(C)C)C(=O)N(C)[C@@H](CC(C)C)C(=O)C[C@@H](C)C(=O)C[C@H](C)C(=O)N(C)[C@@H](CC(C)C)C(=O)N(C)[C@@H](CC(C)C)C(=O)N(C)[C@@H](C(C)C)C(=O)N1C. The number of ketones is 3. The normalized spacial score (nSPS) is 28.0. The third kappa shape index (κ3) is 23.9. The molecule has 2 aliphatic rings. The number of methoxy groups -OCH3 is 1. The van der Waals surface area contributed by atoms with E-state index in [-0.39, 0.29) is 80.0 Å². The summed E-state index contributed by atoms with van der Waals surface area (Å²) in [5, 5.41) is 15.1. The van der Waals surface area contributed by atoms with Crippen molar-refractivity contribution in [2.75, 3.05) is 102 Å². The van der Waals surface area contributed by atoms with Gasteiger partial charge in [-0.3, -0.25) is 57.6 Å². The number of nitrogens with zero attached hydrogens (tertiary/aromatic N) is 9. The molecule has 2 heterocycles. The molecule has 0 aromatic carbocycles. The Morgan fingerprint density at radius 3 is 1.43 bits per heavy atom. The maximum Gasteiger partial charge on any atom is 0.246 e. The molecular weight excluding hydrogens is 1210 g/mol. The monoisotopic (exact) mass is 1340 g/mol. The maximum absolute atomic E-state index is 15.4. The molecule has 2 N–H and O–H groups in total. The first kappa shape index (κ1) is 85.7. The summed E-state index contributed by atoms with van der Waals surface area (Å²) in [4.78, 5) is 178. The van der Waals surface area contributed by atoms with Crippen molar-refractivity contribution in [2.45, 2.75) is 236 Å². The van der Waals surface area contributed by atoms with Gasteiger partial charge in [-0.1, -0.05) is 124 Å². The number of aliphatic hydroxyl groups excluding tert-OH is 1. The van der Waals surface area contributed by atoms with Crippen molar-refractivity contribution >= 4 is 64.6 Å². The van der Waals surface area contributed by atoms with Gasteiger partial charge in [-0.15, -0.1) is 0 Å². The van der Waals surface area contributed by atoms with Crippen molar-refractivity contribution in [1.82, 2.24) is 49.4 Å². The quantitative estimate of drug-likeness (QED) is 0.142. The summed E-state index contributed by atoms with van der Waals surface area (Å²) in [6, 6.07) is -9.58. The highest BCUT2D eigenvalue weighted by atomic mass is 16.5. The number of carbonyl (C=O) groups excluding carboxylic acids is 11. The lowest BCUT2D eigenvalue weighted by Crippen LogP contribution is -2.63. The Morgan fingerprint density at radius 1 is 0.484 bits per heavy atom. The van der Waals surface area contributed by atoms with Crippen LogP contribution in [0.25, 0.3) is 0 Å². The average molecular weight is 1340 g/mol. The third-order valence-electron chi connectivity index (χ3n) is 20.2. The Hall–Kier alpha value is -5.39. The predicted octanol–water partition coefficient (Wildman–Crippen LogP) is 6.01. The number of likely N-dealkylation sites (N-methyl/N-ethyl adjacent to an activating group) is 7. The van der Waals surface area contributed by atoms with Gasteiger partial charge in [-0.05, 0) is 80.5 Å². The van der Waals surface area contributed by atoms with Gasteiger partial charge in [0.15, 0.2) is 11.6 Å². The number of piperazine rings is 1. The molecule has 2 saturated heterocycles. The highest BCUT2D eigenvalue weighted by Crippen LogP contribution is 2.30. The molecule has 0 aromatic rings. The third-order valence-corrected chi connectivity index (χ3v) is 20.2. The topological polar surface area (TPSA) is 258 Å². The maximum atomic E-state index is 15.4. The number of unbranched alkanes of at least 4 members (excludes halogenated alkanes) is 1. The number of Topliss-reactive ketones (excluding diaryl/α,β-unsaturated/α-hetero) is 3. The van der Waals surface area contributed by atoms with E-state index >= 15 is 33.6 Å². The number of hydrogen-bond acceptors (Lipinski definition) is 15. The van der Waals surface area contributed by atoms with E-state index in [9.17, 15) is 24.3 Å². The van der Waals surface area contributed by atoms with E-state index in [1.165, 1.54) is 71.7 Å². The number of amides is 8. The van der Waals surface area contributed by atoms with Gasteiger partial charge in [-0.2, -0.15) is 0 Å². The molecule has 0 radical (unpaired) electrons. The van der Waals surface area contributed by atoms with Crippen LogP contribution >= 0.6 is 0 Å². The van der Waals surface area contributed by atoms with Crippen molar-refractivity contribution in [3.05, 3.63) is 0 Å². The van der Waals surface area contributed by atoms with Crippen LogP contribution in [-0.4, -0.2) is 271 Å². The zero-order valence-electron chi connectivity index (χ0n) is 63.4. The summed E-state index contributed by atoms with van der Waals surface area (Å²) in [6.07, 6.45) is 0.414. The molecule has 2 aliphatic heterocycles. The van der Waals surface area contributed by atoms with Gasteiger partial charge in [0.05, 0.1) is 24.8 Å². The lowest BCUT2D eigenvalue weighted by atomic mass is 9.83. The molecule has 0 aliphatic carbocycles. The van der Waals surface area contributed by atoms with E-state index in [1.807, 2.05) is 69.2 Å². The van der Waals surface area contributed by atoms with Gasteiger partial charge in [0.2, 0.25) is 47.3 Å². The Kier molecular flexibility index (Phi) is 36.0. The van der Waals surface area contributed by atoms with Gasteiger partial charge in [0.25, 0.3) is 0 Å². The minimum Gasteiger partial charge on any atom is -0.390 e. The predicted molar refractivity (Wildman–Crippen MR) is 371 cm³/mol. The largest absolute Gasteiger partial charge is 0.390 e. The number of ether oxygens (including phenoxy) is 1. The molecule has 14 atom stereocenters. The van der Waals surface area contributed by atoms with Gasteiger partial charge in [0.1, 0.15) is 42.0 Å². The Morgan fingerprint density at radius 2 is 0.947 bits per heavy atom. The molecule has 0 aromatic heterocycles. The highest BCUT2D eigenvalue weighted by molar-refractivity contribution is 6.00. The van der Waals surface area contributed by atoms with Crippen LogP contribution in [0.5, 0.6) is 0 Å². The minimum atomic E-state index is -1.58. The van der Waals surface area contributed by atoms with Crippen molar-refractivity contribution < 1.29 is 62.6 Å². The average Bonchev–Trinajstić information content (AvgIpc) is 0.825. The fourth-order valence-electron chi connectivity index (χ4n) is 13.7. The zero-order valence-corrected chi connectivity index (χ0v) is 63.4. The number of rotatable bonds is 20. The Balaban J connectivity index is 3.04. The lowest BCUT2D eigenvalue weighted by molar-refractivity contribution is -0.157. The van der Waals surface area contributed by atoms with Gasteiger partial charge in [0, 0.05) is 133 Å².